The van der Waals surface area contributed by atoms with Crippen LogP contribution < -0.4 is 10.6 Å². The second-order valence-corrected chi connectivity index (χ2v) is 5.64. The van der Waals surface area contributed by atoms with Crippen LogP contribution in [0.1, 0.15) is 31.5 Å². The SMILES string of the molecule is CCNc1nc(NC(C)c2ncc(C)o2)c2ccsc2n1. The van der Waals surface area contributed by atoms with Crippen molar-refractivity contribution >= 4 is 33.3 Å². The molecule has 0 saturated carbocycles. The number of hydrogen-bond acceptors (Lipinski definition) is 7. The molecular weight excluding hydrogens is 286 g/mol. The fourth-order valence-corrected chi connectivity index (χ4v) is 2.81. The number of oxazole rings is 1. The van der Waals surface area contributed by atoms with E-state index in [4.69, 9.17) is 4.42 Å². The molecule has 1 unspecified atom stereocenters. The van der Waals surface area contributed by atoms with Gasteiger partial charge in [0.15, 0.2) is 0 Å². The number of fused-ring (bicyclic) bond motifs is 1. The molecule has 0 bridgehead atoms. The summed E-state index contributed by atoms with van der Waals surface area (Å²) < 4.78 is 5.56. The van der Waals surface area contributed by atoms with Gasteiger partial charge in [0.2, 0.25) is 11.8 Å². The number of hydrogen-bond donors (Lipinski definition) is 2. The first-order valence-corrected chi connectivity index (χ1v) is 7.73. The van der Waals surface area contributed by atoms with Crippen molar-refractivity contribution in [2.24, 2.45) is 0 Å². The van der Waals surface area contributed by atoms with Gasteiger partial charge in [-0.25, -0.2) is 9.97 Å². The van der Waals surface area contributed by atoms with Crippen molar-refractivity contribution < 1.29 is 4.42 Å². The predicted octanol–water partition coefficient (Wildman–Crippen LogP) is 3.59. The van der Waals surface area contributed by atoms with Crippen LogP contribution in [0.2, 0.25) is 0 Å². The minimum atomic E-state index is -0.0637. The van der Waals surface area contributed by atoms with Crippen LogP contribution in [0.25, 0.3) is 10.2 Å². The topological polar surface area (TPSA) is 75.9 Å². The number of thiophene rings is 1. The van der Waals surface area contributed by atoms with E-state index in [2.05, 4.69) is 25.6 Å². The van der Waals surface area contributed by atoms with Crippen LogP contribution in [0.5, 0.6) is 0 Å². The molecular formula is C14H17N5OS. The molecule has 6 nitrogen and oxygen atoms in total. The van der Waals surface area contributed by atoms with Gasteiger partial charge < -0.3 is 15.1 Å². The fourth-order valence-electron chi connectivity index (χ4n) is 2.04. The molecule has 3 aromatic rings. The Hall–Kier alpha value is -2.15. The fraction of sp³-hybridized carbons (Fsp3) is 0.357. The van der Waals surface area contributed by atoms with E-state index in [1.807, 2.05) is 32.2 Å². The second-order valence-electron chi connectivity index (χ2n) is 4.74. The minimum absolute atomic E-state index is 0.0637. The number of nitrogens with zero attached hydrogens (tertiary/aromatic N) is 3. The highest BCUT2D eigenvalue weighted by Gasteiger charge is 2.15. The predicted molar refractivity (Wildman–Crippen MR) is 84.9 cm³/mol. The van der Waals surface area contributed by atoms with Gasteiger partial charge in [-0.1, -0.05) is 0 Å². The van der Waals surface area contributed by atoms with Crippen molar-refractivity contribution in [3.63, 3.8) is 0 Å². The zero-order valence-electron chi connectivity index (χ0n) is 12.2. The smallest absolute Gasteiger partial charge is 0.226 e. The van der Waals surface area contributed by atoms with Gasteiger partial charge in [0.1, 0.15) is 22.5 Å². The molecule has 0 aliphatic heterocycles. The Kier molecular flexibility index (Phi) is 3.74. The Morgan fingerprint density at radius 2 is 2.24 bits per heavy atom. The summed E-state index contributed by atoms with van der Waals surface area (Å²) in [7, 11) is 0. The molecule has 0 fully saturated rings. The van der Waals surface area contributed by atoms with Gasteiger partial charge in [0.05, 0.1) is 11.6 Å². The van der Waals surface area contributed by atoms with Crippen LogP contribution >= 0.6 is 11.3 Å². The molecule has 0 amide bonds. The number of aromatic nitrogens is 3. The number of rotatable bonds is 5. The zero-order chi connectivity index (χ0) is 14.8. The standard InChI is InChI=1S/C14H17N5OS/c1-4-15-14-18-11(10-5-6-21-13(10)19-14)17-9(3)12-16-7-8(2)20-12/h5-7,9H,4H2,1-3H3,(H2,15,17,18,19). The summed E-state index contributed by atoms with van der Waals surface area (Å²) in [5, 5.41) is 9.54. The van der Waals surface area contributed by atoms with E-state index in [1.165, 1.54) is 0 Å². The first-order chi connectivity index (χ1) is 10.2. The summed E-state index contributed by atoms with van der Waals surface area (Å²) in [6.45, 7) is 6.69. The lowest BCUT2D eigenvalue weighted by Gasteiger charge is -2.13. The molecule has 110 valence electrons. The molecule has 0 spiro atoms. The monoisotopic (exact) mass is 303 g/mol. The van der Waals surface area contributed by atoms with E-state index in [0.717, 1.165) is 28.3 Å². The third-order valence-corrected chi connectivity index (χ3v) is 3.83. The van der Waals surface area contributed by atoms with Crippen LogP contribution in [-0.4, -0.2) is 21.5 Å². The lowest BCUT2D eigenvalue weighted by Crippen LogP contribution is -2.10. The summed E-state index contributed by atoms with van der Waals surface area (Å²) in [4.78, 5) is 14.2. The maximum atomic E-state index is 5.56. The lowest BCUT2D eigenvalue weighted by molar-refractivity contribution is 0.453. The van der Waals surface area contributed by atoms with Crippen molar-refractivity contribution in [3.8, 4) is 0 Å². The summed E-state index contributed by atoms with van der Waals surface area (Å²) in [5.41, 5.74) is 0. The molecule has 2 N–H and O–H groups in total. The largest absolute Gasteiger partial charge is 0.444 e. The van der Waals surface area contributed by atoms with Crippen LogP contribution in [0.3, 0.4) is 0 Å². The molecule has 0 saturated heterocycles. The highest BCUT2D eigenvalue weighted by atomic mass is 32.1. The van der Waals surface area contributed by atoms with Gasteiger partial charge in [-0.3, -0.25) is 0 Å². The van der Waals surface area contributed by atoms with Crippen LogP contribution in [0.15, 0.2) is 22.1 Å². The van der Waals surface area contributed by atoms with Gasteiger partial charge in [-0.15, -0.1) is 11.3 Å². The highest BCUT2D eigenvalue weighted by Crippen LogP contribution is 2.29. The molecule has 3 heterocycles. The van der Waals surface area contributed by atoms with Gasteiger partial charge >= 0.3 is 0 Å². The van der Waals surface area contributed by atoms with E-state index in [0.29, 0.717) is 11.8 Å². The molecule has 0 aromatic carbocycles. The van der Waals surface area contributed by atoms with Gasteiger partial charge in [-0.2, -0.15) is 4.98 Å². The average molecular weight is 303 g/mol. The van der Waals surface area contributed by atoms with Crippen molar-refractivity contribution in [2.75, 3.05) is 17.2 Å². The van der Waals surface area contributed by atoms with Gasteiger partial charge in [-0.05, 0) is 32.2 Å². The normalized spacial score (nSPS) is 12.5. The van der Waals surface area contributed by atoms with Crippen molar-refractivity contribution in [1.82, 2.24) is 15.0 Å². The van der Waals surface area contributed by atoms with E-state index in [1.54, 1.807) is 17.5 Å². The molecule has 0 aliphatic rings. The van der Waals surface area contributed by atoms with Crippen molar-refractivity contribution in [3.05, 3.63) is 29.3 Å². The van der Waals surface area contributed by atoms with Crippen LogP contribution in [0, 0.1) is 6.92 Å². The van der Waals surface area contributed by atoms with E-state index in [-0.39, 0.29) is 6.04 Å². The Morgan fingerprint density at radius 3 is 2.95 bits per heavy atom. The Labute approximate surface area is 126 Å². The summed E-state index contributed by atoms with van der Waals surface area (Å²) in [6, 6.07) is 1.96. The maximum Gasteiger partial charge on any atom is 0.226 e. The third-order valence-electron chi connectivity index (χ3n) is 3.02. The van der Waals surface area contributed by atoms with E-state index >= 15 is 0 Å². The number of anilines is 2. The van der Waals surface area contributed by atoms with E-state index < -0.39 is 0 Å². The highest BCUT2D eigenvalue weighted by molar-refractivity contribution is 7.16. The van der Waals surface area contributed by atoms with Crippen molar-refractivity contribution in [1.29, 1.82) is 0 Å². The van der Waals surface area contributed by atoms with Gasteiger partial charge in [0, 0.05) is 6.54 Å². The Bertz CT molecular complexity index is 751. The van der Waals surface area contributed by atoms with E-state index in [9.17, 15) is 0 Å². The van der Waals surface area contributed by atoms with Crippen LogP contribution in [-0.2, 0) is 0 Å². The maximum absolute atomic E-state index is 5.56. The average Bonchev–Trinajstić information content (AvgIpc) is 3.07. The lowest BCUT2D eigenvalue weighted by atomic mass is 10.3. The summed E-state index contributed by atoms with van der Waals surface area (Å²) >= 11 is 1.60. The van der Waals surface area contributed by atoms with Crippen molar-refractivity contribution in [2.45, 2.75) is 26.8 Å². The quantitative estimate of drug-likeness (QED) is 0.750. The number of nitrogens with one attached hydrogen (secondary N) is 2. The molecule has 7 heteroatoms. The molecule has 3 rings (SSSR count). The minimum Gasteiger partial charge on any atom is -0.444 e. The Balaban J connectivity index is 1.93. The molecule has 0 aliphatic carbocycles. The number of aryl methyl sites for hydroxylation is 1. The molecule has 1 atom stereocenters. The first-order valence-electron chi connectivity index (χ1n) is 6.85. The second kappa shape index (κ2) is 5.69. The van der Waals surface area contributed by atoms with Gasteiger partial charge in [0.25, 0.3) is 0 Å². The molecule has 3 aromatic heterocycles. The zero-order valence-corrected chi connectivity index (χ0v) is 13.0. The summed E-state index contributed by atoms with van der Waals surface area (Å²) in [5.74, 6) is 2.88. The van der Waals surface area contributed by atoms with Crippen LogP contribution in [0.4, 0.5) is 11.8 Å². The first kappa shape index (κ1) is 13.8. The molecule has 0 radical (unpaired) electrons. The Morgan fingerprint density at radius 1 is 1.38 bits per heavy atom. The third kappa shape index (κ3) is 2.82. The molecule has 21 heavy (non-hydrogen) atoms. The summed E-state index contributed by atoms with van der Waals surface area (Å²) in [6.07, 6.45) is 1.72.